The minimum absolute atomic E-state index is 0.112. The van der Waals surface area contributed by atoms with E-state index in [4.69, 9.17) is 9.72 Å². The summed E-state index contributed by atoms with van der Waals surface area (Å²) < 4.78 is 6.07. The van der Waals surface area contributed by atoms with Gasteiger partial charge in [-0.3, -0.25) is 9.59 Å². The number of rotatable bonds is 3. The average molecular weight is 451 g/mol. The van der Waals surface area contributed by atoms with Crippen LogP contribution in [-0.2, 0) is 0 Å². The molecule has 1 heterocycles. The van der Waals surface area contributed by atoms with Crippen LogP contribution >= 0.6 is 0 Å². The Morgan fingerprint density at radius 2 is 1.03 bits per heavy atom. The van der Waals surface area contributed by atoms with Crippen LogP contribution in [0, 0.1) is 0 Å². The monoisotopic (exact) mass is 451 g/mol. The predicted octanol–water partition coefficient (Wildman–Crippen LogP) is 6.75. The van der Waals surface area contributed by atoms with E-state index in [-0.39, 0.29) is 10.9 Å². The molecule has 7 aromatic rings. The third kappa shape index (κ3) is 2.83. The molecular formula is C31H17NO3. The molecule has 6 aromatic carbocycles. The Kier molecular flexibility index (Phi) is 4.11. The normalized spacial score (nSPS) is 11.7. The fourth-order valence-corrected chi connectivity index (χ4v) is 5.09. The first-order valence-electron chi connectivity index (χ1n) is 11.4. The Morgan fingerprint density at radius 3 is 1.63 bits per heavy atom. The molecule has 164 valence electrons. The zero-order valence-corrected chi connectivity index (χ0v) is 18.5. The summed E-state index contributed by atoms with van der Waals surface area (Å²) in [5.41, 5.74) is 2.39. The maximum absolute atomic E-state index is 13.7. The quantitative estimate of drug-likeness (QED) is 0.298. The van der Waals surface area contributed by atoms with Gasteiger partial charge in [0, 0.05) is 27.1 Å². The maximum Gasteiger partial charge on any atom is 0.196 e. The second-order valence-corrected chi connectivity index (χ2v) is 8.63. The average Bonchev–Trinajstić information content (AvgIpc) is 3.35. The summed E-state index contributed by atoms with van der Waals surface area (Å²) in [7, 11) is 0. The van der Waals surface area contributed by atoms with E-state index in [2.05, 4.69) is 0 Å². The van der Waals surface area contributed by atoms with Crippen molar-refractivity contribution in [1.29, 1.82) is 0 Å². The van der Waals surface area contributed by atoms with E-state index in [9.17, 15) is 9.59 Å². The smallest absolute Gasteiger partial charge is 0.196 e. The molecule has 0 bridgehead atoms. The highest BCUT2D eigenvalue weighted by atomic mass is 16.5. The van der Waals surface area contributed by atoms with Crippen molar-refractivity contribution in [3.05, 3.63) is 124 Å². The second kappa shape index (κ2) is 7.34. The number of fused-ring (bicyclic) bond motifs is 6. The van der Waals surface area contributed by atoms with Crippen molar-refractivity contribution in [3.63, 3.8) is 0 Å². The lowest BCUT2D eigenvalue weighted by molar-refractivity contribution is 0.483. The van der Waals surface area contributed by atoms with Crippen molar-refractivity contribution >= 4 is 43.4 Å². The highest BCUT2D eigenvalue weighted by Crippen LogP contribution is 2.39. The Morgan fingerprint density at radius 1 is 0.514 bits per heavy atom. The molecule has 4 heteroatoms. The first-order valence-corrected chi connectivity index (χ1v) is 11.4. The Balaban J connectivity index is 1.63. The van der Waals surface area contributed by atoms with Crippen molar-refractivity contribution in [2.45, 2.75) is 0 Å². The Bertz CT molecular complexity index is 1910. The van der Waals surface area contributed by atoms with Gasteiger partial charge < -0.3 is 4.74 Å². The highest BCUT2D eigenvalue weighted by Gasteiger charge is 2.24. The lowest BCUT2D eigenvalue weighted by atomic mass is 9.98. The summed E-state index contributed by atoms with van der Waals surface area (Å²) in [6.45, 7) is 0. The van der Waals surface area contributed by atoms with Crippen LogP contribution in [0.15, 0.2) is 113 Å². The lowest BCUT2D eigenvalue weighted by Crippen LogP contribution is -2.02. The molecule has 0 atom stereocenters. The highest BCUT2D eigenvalue weighted by molar-refractivity contribution is 6.24. The molecule has 35 heavy (non-hydrogen) atoms. The van der Waals surface area contributed by atoms with Crippen LogP contribution in [0.4, 0.5) is 0 Å². The van der Waals surface area contributed by atoms with Gasteiger partial charge in [0.1, 0.15) is 11.5 Å². The lowest BCUT2D eigenvalue weighted by Gasteiger charge is -2.10. The van der Waals surface area contributed by atoms with Crippen LogP contribution in [-0.4, -0.2) is 4.98 Å². The number of aromatic nitrogens is 1. The molecule has 7 rings (SSSR count). The number of hydrogen-bond donors (Lipinski definition) is 0. The molecule has 0 spiro atoms. The summed E-state index contributed by atoms with van der Waals surface area (Å²) in [6, 6.07) is 32.1. The van der Waals surface area contributed by atoms with Gasteiger partial charge in [0.15, 0.2) is 10.9 Å². The largest absolute Gasteiger partial charge is 0.457 e. The fraction of sp³-hybridized carbons (Fsp3) is 0. The molecule has 1 aromatic heterocycles. The molecular weight excluding hydrogens is 434 g/mol. The van der Waals surface area contributed by atoms with Gasteiger partial charge >= 0.3 is 0 Å². The van der Waals surface area contributed by atoms with Gasteiger partial charge in [-0.25, -0.2) is 4.98 Å². The Labute approximate surface area is 199 Å². The van der Waals surface area contributed by atoms with Gasteiger partial charge in [0.05, 0.1) is 21.8 Å². The SMILES string of the molecule is O=c1c2ccccc2c2nc3c(c(-c4cccc(Oc5ccccc5)c4)c12)c(=O)c1ccccc13. The predicted molar refractivity (Wildman–Crippen MR) is 141 cm³/mol. The fourth-order valence-electron chi connectivity index (χ4n) is 5.09. The van der Waals surface area contributed by atoms with Crippen molar-refractivity contribution in [1.82, 2.24) is 4.98 Å². The first kappa shape index (κ1) is 19.6. The van der Waals surface area contributed by atoms with Crippen molar-refractivity contribution < 1.29 is 4.74 Å². The van der Waals surface area contributed by atoms with E-state index >= 15 is 0 Å². The van der Waals surface area contributed by atoms with E-state index in [0.717, 1.165) is 16.3 Å². The summed E-state index contributed by atoms with van der Waals surface area (Å²) >= 11 is 0. The molecule has 0 unspecified atom stereocenters. The molecule has 0 aliphatic heterocycles. The third-order valence-electron chi connectivity index (χ3n) is 6.61. The zero-order chi connectivity index (χ0) is 23.5. The molecule has 0 saturated heterocycles. The minimum atomic E-state index is -0.112. The molecule has 0 saturated carbocycles. The maximum atomic E-state index is 13.7. The molecule has 0 N–H and O–H groups in total. The van der Waals surface area contributed by atoms with Crippen molar-refractivity contribution in [3.8, 4) is 22.6 Å². The number of pyridine rings is 1. The van der Waals surface area contributed by atoms with E-state index < -0.39 is 0 Å². The standard InChI is InChI=1S/C31H17NO3/c33-30-23-15-6-4-13-21(23)28-26(30)25(27-29(32-28)22-14-5-7-16-24(22)31(27)34)18-9-8-12-20(17-18)35-19-10-2-1-3-11-19/h1-17H. The van der Waals surface area contributed by atoms with Crippen LogP contribution in [0.2, 0.25) is 0 Å². The number of hydrogen-bond acceptors (Lipinski definition) is 4. The van der Waals surface area contributed by atoms with Gasteiger partial charge in [-0.15, -0.1) is 0 Å². The van der Waals surface area contributed by atoms with E-state index in [1.165, 1.54) is 0 Å². The van der Waals surface area contributed by atoms with Crippen LogP contribution < -0.4 is 15.6 Å². The van der Waals surface area contributed by atoms with E-state index in [1.807, 2.05) is 103 Å². The summed E-state index contributed by atoms with van der Waals surface area (Å²) in [4.78, 5) is 32.2. The number of para-hydroxylation sites is 1. The summed E-state index contributed by atoms with van der Waals surface area (Å²) in [5, 5.41) is 3.76. The number of nitrogens with zero attached hydrogens (tertiary/aromatic N) is 1. The van der Waals surface area contributed by atoms with Gasteiger partial charge in [-0.2, -0.15) is 0 Å². The summed E-state index contributed by atoms with van der Waals surface area (Å²) in [5.74, 6) is 1.33. The number of ether oxygens (including phenoxy) is 1. The van der Waals surface area contributed by atoms with E-state index in [0.29, 0.717) is 49.6 Å². The van der Waals surface area contributed by atoms with Crippen LogP contribution in [0.5, 0.6) is 11.5 Å². The molecule has 0 radical (unpaired) electrons. The molecule has 0 aliphatic carbocycles. The van der Waals surface area contributed by atoms with Crippen molar-refractivity contribution in [2.75, 3.05) is 0 Å². The van der Waals surface area contributed by atoms with Crippen LogP contribution in [0.3, 0.4) is 0 Å². The third-order valence-corrected chi connectivity index (χ3v) is 6.61. The van der Waals surface area contributed by atoms with Gasteiger partial charge in [0.2, 0.25) is 0 Å². The van der Waals surface area contributed by atoms with Crippen LogP contribution in [0.25, 0.3) is 54.5 Å². The molecule has 4 nitrogen and oxygen atoms in total. The summed E-state index contributed by atoms with van der Waals surface area (Å²) in [6.07, 6.45) is 0. The molecule has 0 amide bonds. The number of benzene rings is 4. The zero-order valence-electron chi connectivity index (χ0n) is 18.5. The van der Waals surface area contributed by atoms with Gasteiger partial charge in [-0.1, -0.05) is 78.9 Å². The van der Waals surface area contributed by atoms with Gasteiger partial charge in [0.25, 0.3) is 0 Å². The topological polar surface area (TPSA) is 56.3 Å². The van der Waals surface area contributed by atoms with Crippen molar-refractivity contribution in [2.24, 2.45) is 0 Å². The minimum Gasteiger partial charge on any atom is -0.457 e. The first-order chi connectivity index (χ1) is 17.2. The van der Waals surface area contributed by atoms with Gasteiger partial charge in [-0.05, 0) is 29.8 Å². The van der Waals surface area contributed by atoms with Crippen LogP contribution in [0.1, 0.15) is 0 Å². The van der Waals surface area contributed by atoms with E-state index in [1.54, 1.807) is 0 Å². The molecule has 0 aliphatic rings. The Hall–Kier alpha value is -4.83. The molecule has 0 fully saturated rings. The second-order valence-electron chi connectivity index (χ2n) is 8.63.